The van der Waals surface area contributed by atoms with Crippen molar-refractivity contribution in [2.24, 2.45) is 0 Å². The lowest BCUT2D eigenvalue weighted by molar-refractivity contribution is -0.870. The molecule has 0 saturated carbocycles. The summed E-state index contributed by atoms with van der Waals surface area (Å²) in [6, 6.07) is 0. The van der Waals surface area contributed by atoms with Crippen molar-refractivity contribution < 1.29 is 42.9 Å². The topological polar surface area (TPSA) is 108 Å². The van der Waals surface area contributed by atoms with E-state index in [9.17, 15) is 19.5 Å². The molecule has 0 bridgehead atoms. The largest absolute Gasteiger partial charge is 0.477 e. The molecule has 0 fully saturated rings. The van der Waals surface area contributed by atoms with Crippen LogP contribution in [0, 0.1) is 0 Å². The summed E-state index contributed by atoms with van der Waals surface area (Å²) in [7, 11) is 5.93. The van der Waals surface area contributed by atoms with Crippen LogP contribution in [0.5, 0.6) is 0 Å². The van der Waals surface area contributed by atoms with Crippen molar-refractivity contribution in [1.29, 1.82) is 0 Å². The molecule has 0 aromatic rings. The van der Waals surface area contributed by atoms with Gasteiger partial charge in [-0.2, -0.15) is 0 Å². The highest BCUT2D eigenvalue weighted by molar-refractivity contribution is 5.71. The number of nitrogens with zero attached hydrogens (tertiary/aromatic N) is 1. The van der Waals surface area contributed by atoms with Crippen molar-refractivity contribution in [3.05, 3.63) is 85.1 Å². The number of carbonyl (C=O) groups is 3. The van der Waals surface area contributed by atoms with Crippen LogP contribution in [-0.2, 0) is 33.3 Å². The first-order valence-corrected chi connectivity index (χ1v) is 23.3. The van der Waals surface area contributed by atoms with Gasteiger partial charge in [-0.25, -0.2) is 4.79 Å². The third-order valence-electron chi connectivity index (χ3n) is 9.37. The van der Waals surface area contributed by atoms with Crippen molar-refractivity contribution in [3.8, 4) is 0 Å². The molecule has 9 heteroatoms. The lowest BCUT2D eigenvalue weighted by atomic mass is 10.1. The average molecular weight is 841 g/mol. The predicted octanol–water partition coefficient (Wildman–Crippen LogP) is 12.5. The van der Waals surface area contributed by atoms with Gasteiger partial charge in [0, 0.05) is 12.8 Å². The minimum Gasteiger partial charge on any atom is -0.477 e. The summed E-state index contributed by atoms with van der Waals surface area (Å²) < 4.78 is 22.7. The van der Waals surface area contributed by atoms with E-state index in [2.05, 4.69) is 98.9 Å². The fraction of sp³-hybridized carbons (Fsp3) is 0.667. The second-order valence-corrected chi connectivity index (χ2v) is 16.3. The molecule has 0 spiro atoms. The monoisotopic (exact) mass is 841 g/mol. The van der Waals surface area contributed by atoms with Crippen LogP contribution in [0.1, 0.15) is 162 Å². The number of carboxylic acids is 1. The first kappa shape index (κ1) is 56.5. The molecule has 0 radical (unpaired) electrons. The van der Waals surface area contributed by atoms with E-state index in [1.54, 1.807) is 0 Å². The van der Waals surface area contributed by atoms with Gasteiger partial charge in [0.05, 0.1) is 34.4 Å². The quantitative estimate of drug-likeness (QED) is 0.0213. The van der Waals surface area contributed by atoms with Gasteiger partial charge in [-0.3, -0.25) is 9.59 Å². The molecule has 1 N–H and O–H groups in total. The van der Waals surface area contributed by atoms with Gasteiger partial charge in [0.1, 0.15) is 13.2 Å². The van der Waals surface area contributed by atoms with Gasteiger partial charge in [0.2, 0.25) is 0 Å². The smallest absolute Gasteiger partial charge is 0.361 e. The molecular weight excluding hydrogens is 755 g/mol. The highest BCUT2D eigenvalue weighted by atomic mass is 16.7. The molecule has 0 aliphatic heterocycles. The van der Waals surface area contributed by atoms with Gasteiger partial charge in [0.15, 0.2) is 6.10 Å². The maximum atomic E-state index is 12.8. The lowest BCUT2D eigenvalue weighted by Crippen LogP contribution is -2.40. The van der Waals surface area contributed by atoms with Crippen molar-refractivity contribution >= 4 is 17.9 Å². The summed E-state index contributed by atoms with van der Waals surface area (Å²) in [5.74, 6) is -2.05. The van der Waals surface area contributed by atoms with Gasteiger partial charge in [-0.15, -0.1) is 0 Å². The van der Waals surface area contributed by atoms with Gasteiger partial charge >= 0.3 is 17.9 Å². The van der Waals surface area contributed by atoms with Crippen molar-refractivity contribution in [3.63, 3.8) is 0 Å². The Morgan fingerprint density at radius 2 is 0.950 bits per heavy atom. The highest BCUT2D eigenvalue weighted by Crippen LogP contribution is 2.13. The van der Waals surface area contributed by atoms with Gasteiger partial charge in [-0.1, -0.05) is 150 Å². The van der Waals surface area contributed by atoms with Crippen molar-refractivity contribution in [2.75, 3.05) is 47.5 Å². The standard InChI is InChI=1S/C51H85NO8/c1-6-8-10-12-14-16-18-19-20-21-22-23-24-25-26-27-28-29-30-31-32-34-36-38-40-42-49(54)60-47(46-59-51(50(55)56)57-44-43-52(3,4)5)45-58-48(53)41-39-37-35-33-17-15-13-11-9-7-2/h8,10-11,13-14,16,19-20,22-23,25-26,28-29,47,51H,6-7,9,12,15,17-18,21,24,27,30-46H2,1-5H3/p+1/b10-8-,13-11-,16-14-,20-19-,23-22-,26-25-,29-28-. The molecule has 0 aliphatic rings. The molecule has 60 heavy (non-hydrogen) atoms. The van der Waals surface area contributed by atoms with Gasteiger partial charge in [0.25, 0.3) is 6.29 Å². The van der Waals surface area contributed by atoms with E-state index in [0.717, 1.165) is 122 Å². The molecule has 2 unspecified atom stereocenters. The SMILES string of the molecule is CC/C=C\C/C=C\C/C=C\C/C=C\C/C=C\C/C=C\CCCCCCCCC(=O)OC(COC(=O)CCCCCCC/C=C\CCC)COC(OCC[N+](C)(C)C)C(=O)O. The number of hydrogen-bond donors (Lipinski definition) is 1. The van der Waals surface area contributed by atoms with Crippen LogP contribution < -0.4 is 0 Å². The number of aliphatic carboxylic acids is 1. The van der Waals surface area contributed by atoms with Crippen LogP contribution in [-0.4, -0.2) is 87.4 Å². The number of unbranched alkanes of at least 4 members (excludes halogenated alkanes) is 12. The summed E-state index contributed by atoms with van der Waals surface area (Å²) in [5.41, 5.74) is 0. The zero-order chi connectivity index (χ0) is 44.2. The van der Waals surface area contributed by atoms with Gasteiger partial charge < -0.3 is 28.5 Å². The van der Waals surface area contributed by atoms with E-state index in [1.165, 1.54) is 6.42 Å². The first-order chi connectivity index (χ1) is 29.1. The Bertz CT molecular complexity index is 1260. The summed E-state index contributed by atoms with van der Waals surface area (Å²) in [6.45, 7) is 4.64. The number of hydrogen-bond acceptors (Lipinski definition) is 7. The zero-order valence-electron chi connectivity index (χ0n) is 38.6. The van der Waals surface area contributed by atoms with E-state index in [1.807, 2.05) is 21.1 Å². The molecule has 0 aromatic heterocycles. The molecule has 2 atom stereocenters. The van der Waals surface area contributed by atoms with Crippen LogP contribution in [0.15, 0.2) is 85.1 Å². The Morgan fingerprint density at radius 1 is 0.517 bits per heavy atom. The minimum absolute atomic E-state index is 0.179. The fourth-order valence-corrected chi connectivity index (χ4v) is 5.78. The molecule has 0 rings (SSSR count). The number of allylic oxidation sites excluding steroid dienone is 14. The molecule has 9 nitrogen and oxygen atoms in total. The molecule has 0 saturated heterocycles. The van der Waals surface area contributed by atoms with Crippen LogP contribution in [0.4, 0.5) is 0 Å². The van der Waals surface area contributed by atoms with E-state index >= 15 is 0 Å². The van der Waals surface area contributed by atoms with Crippen molar-refractivity contribution in [1.82, 2.24) is 0 Å². The second kappa shape index (κ2) is 42.2. The Balaban J connectivity index is 4.38. The van der Waals surface area contributed by atoms with Crippen LogP contribution in [0.2, 0.25) is 0 Å². The van der Waals surface area contributed by atoms with E-state index in [-0.39, 0.29) is 38.6 Å². The second-order valence-electron chi connectivity index (χ2n) is 16.3. The molecular formula is C51H86NO8+. The number of carboxylic acid groups (broad SMARTS) is 1. The maximum absolute atomic E-state index is 12.8. The summed E-state index contributed by atoms with van der Waals surface area (Å²) in [6.07, 6.45) is 50.8. The van der Waals surface area contributed by atoms with E-state index < -0.39 is 24.3 Å². The van der Waals surface area contributed by atoms with E-state index in [0.29, 0.717) is 17.4 Å². The number of esters is 2. The molecule has 0 heterocycles. The number of rotatable bonds is 41. The van der Waals surface area contributed by atoms with Crippen LogP contribution in [0.25, 0.3) is 0 Å². The average Bonchev–Trinajstić information content (AvgIpc) is 3.21. The third kappa shape index (κ3) is 42.6. The lowest BCUT2D eigenvalue weighted by Gasteiger charge is -2.25. The predicted molar refractivity (Wildman–Crippen MR) is 249 cm³/mol. The summed E-state index contributed by atoms with van der Waals surface area (Å²) in [5, 5.41) is 9.63. The summed E-state index contributed by atoms with van der Waals surface area (Å²) in [4.78, 5) is 37.1. The number of ether oxygens (including phenoxy) is 4. The highest BCUT2D eigenvalue weighted by Gasteiger charge is 2.25. The number of carbonyl (C=O) groups excluding carboxylic acids is 2. The third-order valence-corrected chi connectivity index (χ3v) is 9.37. The summed E-state index contributed by atoms with van der Waals surface area (Å²) >= 11 is 0. The number of likely N-dealkylation sites (N-methyl/N-ethyl adjacent to an activating group) is 1. The van der Waals surface area contributed by atoms with Crippen LogP contribution >= 0.6 is 0 Å². The maximum Gasteiger partial charge on any atom is 0.361 e. The minimum atomic E-state index is -1.52. The molecule has 0 aliphatic carbocycles. The Labute approximate surface area is 366 Å². The molecule has 0 amide bonds. The first-order valence-electron chi connectivity index (χ1n) is 23.3. The van der Waals surface area contributed by atoms with Crippen LogP contribution in [0.3, 0.4) is 0 Å². The van der Waals surface area contributed by atoms with Gasteiger partial charge in [-0.05, 0) is 83.5 Å². The Morgan fingerprint density at radius 3 is 1.43 bits per heavy atom. The molecule has 0 aromatic carbocycles. The Hall–Kier alpha value is -3.53. The number of quaternary nitrogens is 1. The van der Waals surface area contributed by atoms with Crippen molar-refractivity contribution in [2.45, 2.75) is 174 Å². The fourth-order valence-electron chi connectivity index (χ4n) is 5.78. The van der Waals surface area contributed by atoms with E-state index in [4.69, 9.17) is 18.9 Å². The molecule has 342 valence electrons. The normalized spacial score (nSPS) is 13.7. The zero-order valence-corrected chi connectivity index (χ0v) is 38.6. The Kier molecular flexibility index (Phi) is 39.7.